The van der Waals surface area contributed by atoms with Crippen LogP contribution in [0.3, 0.4) is 0 Å². The van der Waals surface area contributed by atoms with Crippen molar-refractivity contribution in [3.05, 3.63) is 73.1 Å². The molecule has 0 unspecified atom stereocenters. The molecule has 8 heteroatoms. The number of nitrogens with zero attached hydrogens (tertiary/aromatic N) is 5. The highest BCUT2D eigenvalue weighted by molar-refractivity contribution is 5.89. The second-order valence-electron chi connectivity index (χ2n) is 10.2. The van der Waals surface area contributed by atoms with E-state index in [4.69, 9.17) is 9.47 Å². The molecule has 0 atom stereocenters. The normalized spacial score (nSPS) is 14.5. The summed E-state index contributed by atoms with van der Waals surface area (Å²) in [5.74, 6) is 2.45. The molecular weight excluding hydrogens is 464 g/mol. The molecule has 0 saturated carbocycles. The van der Waals surface area contributed by atoms with E-state index in [0.29, 0.717) is 0 Å². The van der Waals surface area contributed by atoms with Gasteiger partial charge in [-0.15, -0.1) is 0 Å². The van der Waals surface area contributed by atoms with E-state index in [9.17, 15) is 0 Å². The fourth-order valence-corrected chi connectivity index (χ4v) is 4.78. The average Bonchev–Trinajstić information content (AvgIpc) is 3.49. The minimum absolute atomic E-state index is 0.175. The third kappa shape index (κ3) is 4.44. The SMILES string of the molecule is COc1cc(-c2cnc(C)n2C)ccc1Nc1cc2cc(-c3cnn(CC4(C)COC4)c3)ccc2cn1. The molecule has 1 aliphatic heterocycles. The first-order chi connectivity index (χ1) is 17.9. The average molecular weight is 495 g/mol. The molecule has 6 rings (SSSR count). The number of ether oxygens (including phenoxy) is 2. The number of methoxy groups -OCH3 is 1. The van der Waals surface area contributed by atoms with Crippen LogP contribution in [0.4, 0.5) is 11.5 Å². The number of rotatable bonds is 7. The quantitative estimate of drug-likeness (QED) is 0.318. The molecule has 1 fully saturated rings. The Balaban J connectivity index is 1.26. The first-order valence-corrected chi connectivity index (χ1v) is 12.3. The number of hydrogen-bond donors (Lipinski definition) is 1. The van der Waals surface area contributed by atoms with Gasteiger partial charge in [0.25, 0.3) is 0 Å². The highest BCUT2D eigenvalue weighted by Gasteiger charge is 2.34. The van der Waals surface area contributed by atoms with E-state index in [-0.39, 0.29) is 5.41 Å². The third-order valence-electron chi connectivity index (χ3n) is 7.11. The second kappa shape index (κ2) is 9.05. The fraction of sp³-hybridized carbons (Fsp3) is 0.276. The molecular formula is C29H30N6O2. The van der Waals surface area contributed by atoms with Gasteiger partial charge in [0.05, 0.1) is 50.6 Å². The zero-order chi connectivity index (χ0) is 25.6. The van der Waals surface area contributed by atoms with Crippen molar-refractivity contribution < 1.29 is 9.47 Å². The molecule has 37 heavy (non-hydrogen) atoms. The van der Waals surface area contributed by atoms with Crippen LogP contribution in [0.1, 0.15) is 12.7 Å². The molecule has 1 saturated heterocycles. The van der Waals surface area contributed by atoms with Gasteiger partial charge >= 0.3 is 0 Å². The van der Waals surface area contributed by atoms with Crippen LogP contribution in [0.15, 0.2) is 67.3 Å². The predicted octanol–water partition coefficient (Wildman–Crippen LogP) is 5.60. The summed E-state index contributed by atoms with van der Waals surface area (Å²) >= 11 is 0. The van der Waals surface area contributed by atoms with E-state index < -0.39 is 0 Å². The molecule has 188 valence electrons. The Morgan fingerprint density at radius 2 is 1.81 bits per heavy atom. The Kier molecular flexibility index (Phi) is 5.68. The van der Waals surface area contributed by atoms with E-state index in [1.807, 2.05) is 49.4 Å². The summed E-state index contributed by atoms with van der Waals surface area (Å²) in [4.78, 5) is 9.03. The maximum absolute atomic E-state index is 5.70. The maximum atomic E-state index is 5.70. The standard InChI is InChI=1S/C29H30N6O2/c1-19-30-14-26(34(19)3)21-7-8-25(27(10-21)36-4)33-28-11-23-9-20(5-6-22(23)12-31-28)24-13-32-35(15-24)16-29(2)17-37-18-29/h5-15H,16-18H2,1-4H3,(H,31,33). The Labute approximate surface area is 215 Å². The van der Waals surface area contributed by atoms with Crippen LogP contribution in [0.2, 0.25) is 0 Å². The fourth-order valence-electron chi connectivity index (χ4n) is 4.78. The van der Waals surface area contributed by atoms with Crippen molar-refractivity contribution in [2.24, 2.45) is 12.5 Å². The Hall–Kier alpha value is -4.17. The van der Waals surface area contributed by atoms with Crippen LogP contribution in [0.5, 0.6) is 5.75 Å². The minimum atomic E-state index is 0.175. The number of hydrogen-bond acceptors (Lipinski definition) is 6. The maximum Gasteiger partial charge on any atom is 0.143 e. The Morgan fingerprint density at radius 3 is 2.54 bits per heavy atom. The lowest BCUT2D eigenvalue weighted by Gasteiger charge is -2.37. The topological polar surface area (TPSA) is 79.0 Å². The number of imidazole rings is 1. The van der Waals surface area contributed by atoms with Gasteiger partial charge in [0.2, 0.25) is 0 Å². The first kappa shape index (κ1) is 23.2. The van der Waals surface area contributed by atoms with E-state index >= 15 is 0 Å². The lowest BCUT2D eigenvalue weighted by Crippen LogP contribution is -2.43. The van der Waals surface area contributed by atoms with Gasteiger partial charge in [-0.1, -0.05) is 25.1 Å². The lowest BCUT2D eigenvalue weighted by molar-refractivity contribution is -0.111. The molecule has 0 spiro atoms. The van der Waals surface area contributed by atoms with Crippen molar-refractivity contribution in [2.75, 3.05) is 25.6 Å². The molecule has 1 aliphatic rings. The number of benzene rings is 2. The Bertz CT molecular complexity index is 1600. The van der Waals surface area contributed by atoms with Gasteiger partial charge in [-0.2, -0.15) is 5.10 Å². The van der Waals surface area contributed by atoms with Gasteiger partial charge in [-0.25, -0.2) is 9.97 Å². The molecule has 2 aromatic carbocycles. The summed E-state index contributed by atoms with van der Waals surface area (Å²) in [7, 11) is 3.69. The summed E-state index contributed by atoms with van der Waals surface area (Å²) < 4.78 is 15.2. The summed E-state index contributed by atoms with van der Waals surface area (Å²) in [5, 5.41) is 10.2. The monoisotopic (exact) mass is 494 g/mol. The second-order valence-corrected chi connectivity index (χ2v) is 10.2. The zero-order valence-electron chi connectivity index (χ0n) is 21.5. The van der Waals surface area contributed by atoms with E-state index in [2.05, 4.69) is 68.4 Å². The predicted molar refractivity (Wildman–Crippen MR) is 145 cm³/mol. The molecule has 3 aromatic heterocycles. The molecule has 0 amide bonds. The minimum Gasteiger partial charge on any atom is -0.495 e. The van der Waals surface area contributed by atoms with E-state index in [0.717, 1.165) is 76.0 Å². The van der Waals surface area contributed by atoms with Gasteiger partial charge in [-0.05, 0) is 42.1 Å². The number of anilines is 2. The van der Waals surface area contributed by atoms with Crippen molar-refractivity contribution in [3.63, 3.8) is 0 Å². The molecule has 5 aromatic rings. The van der Waals surface area contributed by atoms with Gasteiger partial charge in [0, 0.05) is 41.4 Å². The highest BCUT2D eigenvalue weighted by Crippen LogP contribution is 2.34. The number of aryl methyl sites for hydroxylation is 1. The largest absolute Gasteiger partial charge is 0.495 e. The van der Waals surface area contributed by atoms with Crippen LogP contribution in [0, 0.1) is 12.3 Å². The summed E-state index contributed by atoms with van der Waals surface area (Å²) in [5.41, 5.74) is 5.33. The van der Waals surface area contributed by atoms with E-state index in [1.54, 1.807) is 7.11 Å². The zero-order valence-corrected chi connectivity index (χ0v) is 21.5. The van der Waals surface area contributed by atoms with Gasteiger partial charge in [-0.3, -0.25) is 4.68 Å². The van der Waals surface area contributed by atoms with Crippen LogP contribution in [-0.4, -0.2) is 44.6 Å². The summed E-state index contributed by atoms with van der Waals surface area (Å²) in [6.45, 7) is 6.66. The molecule has 4 heterocycles. The van der Waals surface area contributed by atoms with Crippen molar-refractivity contribution in [3.8, 4) is 28.1 Å². The Morgan fingerprint density at radius 1 is 0.973 bits per heavy atom. The molecule has 0 bridgehead atoms. The van der Waals surface area contributed by atoms with E-state index in [1.165, 1.54) is 0 Å². The molecule has 1 N–H and O–H groups in total. The van der Waals surface area contributed by atoms with Gasteiger partial charge in [0.1, 0.15) is 17.4 Å². The number of aromatic nitrogens is 5. The third-order valence-corrected chi connectivity index (χ3v) is 7.11. The van der Waals surface area contributed by atoms with Gasteiger partial charge in [0.15, 0.2) is 0 Å². The number of nitrogens with one attached hydrogen (secondary N) is 1. The molecule has 0 radical (unpaired) electrons. The number of pyridine rings is 1. The lowest BCUT2D eigenvalue weighted by atomic mass is 9.89. The van der Waals surface area contributed by atoms with Crippen molar-refractivity contribution in [1.29, 1.82) is 0 Å². The summed E-state index contributed by atoms with van der Waals surface area (Å²) in [6.07, 6.45) is 7.81. The molecule has 0 aliphatic carbocycles. The van der Waals surface area contributed by atoms with Crippen LogP contribution >= 0.6 is 0 Å². The van der Waals surface area contributed by atoms with Crippen LogP contribution in [0.25, 0.3) is 33.2 Å². The van der Waals surface area contributed by atoms with Crippen molar-refractivity contribution in [2.45, 2.75) is 20.4 Å². The van der Waals surface area contributed by atoms with Crippen molar-refractivity contribution >= 4 is 22.3 Å². The van der Waals surface area contributed by atoms with Gasteiger partial charge < -0.3 is 19.4 Å². The highest BCUT2D eigenvalue weighted by atomic mass is 16.5. The molecule has 8 nitrogen and oxygen atoms in total. The number of fused-ring (bicyclic) bond motifs is 1. The van der Waals surface area contributed by atoms with Crippen molar-refractivity contribution in [1.82, 2.24) is 24.3 Å². The van der Waals surface area contributed by atoms with Crippen LogP contribution < -0.4 is 10.1 Å². The van der Waals surface area contributed by atoms with Crippen LogP contribution in [-0.2, 0) is 18.3 Å². The summed E-state index contributed by atoms with van der Waals surface area (Å²) in [6, 6.07) is 14.6. The first-order valence-electron chi connectivity index (χ1n) is 12.3. The smallest absolute Gasteiger partial charge is 0.143 e.